The number of halogens is 1. The van der Waals surface area contributed by atoms with Gasteiger partial charge in [0, 0.05) is 11.4 Å². The highest BCUT2D eigenvalue weighted by Crippen LogP contribution is 2.55. The second-order valence-electron chi connectivity index (χ2n) is 10.4. The fraction of sp³-hybridized carbons (Fsp3) is 0.333. The Labute approximate surface area is 216 Å². The van der Waals surface area contributed by atoms with Gasteiger partial charge in [0.1, 0.15) is 5.75 Å². The van der Waals surface area contributed by atoms with Gasteiger partial charge in [0.15, 0.2) is 0 Å². The molecule has 0 aliphatic heterocycles. The van der Waals surface area contributed by atoms with Gasteiger partial charge in [-0.25, -0.2) is 0 Å². The number of carbonyl (C=O) groups excluding carboxylic acids is 1. The minimum atomic E-state index is -0.0752. The molecule has 1 atom stereocenters. The maximum atomic E-state index is 13.3. The molecule has 1 heterocycles. The SMILES string of the molecule is COc1cccc(-c2ccc(C(C)n3ncc4c(Cl)ccc(C(=O)NC5CC6(CCC6)C5)c43)cc2)c1. The molecule has 6 heteroatoms. The number of hydrogen-bond donors (Lipinski definition) is 1. The molecule has 36 heavy (non-hydrogen) atoms. The van der Waals surface area contributed by atoms with Crippen LogP contribution in [-0.2, 0) is 0 Å². The quantitative estimate of drug-likeness (QED) is 0.309. The minimum Gasteiger partial charge on any atom is -0.497 e. The van der Waals surface area contributed by atoms with Gasteiger partial charge >= 0.3 is 0 Å². The number of aromatic nitrogens is 2. The molecule has 2 aliphatic rings. The van der Waals surface area contributed by atoms with E-state index >= 15 is 0 Å². The van der Waals surface area contributed by atoms with Crippen LogP contribution < -0.4 is 10.1 Å². The van der Waals surface area contributed by atoms with Crippen molar-refractivity contribution in [2.45, 2.75) is 51.1 Å². The van der Waals surface area contributed by atoms with Gasteiger partial charge in [0.2, 0.25) is 0 Å². The minimum absolute atomic E-state index is 0.0434. The van der Waals surface area contributed by atoms with Crippen LogP contribution >= 0.6 is 11.6 Å². The van der Waals surface area contributed by atoms with Gasteiger partial charge in [0.25, 0.3) is 5.91 Å². The van der Waals surface area contributed by atoms with Crippen LogP contribution in [0, 0.1) is 5.41 Å². The van der Waals surface area contributed by atoms with Crippen molar-refractivity contribution in [3.63, 3.8) is 0 Å². The van der Waals surface area contributed by atoms with Crippen LogP contribution in [0.5, 0.6) is 5.75 Å². The van der Waals surface area contributed by atoms with E-state index in [1.165, 1.54) is 19.3 Å². The van der Waals surface area contributed by atoms with E-state index in [-0.39, 0.29) is 18.0 Å². The first kappa shape index (κ1) is 23.1. The lowest BCUT2D eigenvalue weighted by molar-refractivity contribution is -0.000604. The summed E-state index contributed by atoms with van der Waals surface area (Å²) in [5.41, 5.74) is 5.24. The first-order chi connectivity index (χ1) is 17.5. The monoisotopic (exact) mass is 499 g/mol. The van der Waals surface area contributed by atoms with E-state index in [0.29, 0.717) is 16.0 Å². The highest BCUT2D eigenvalue weighted by molar-refractivity contribution is 6.36. The number of ether oxygens (including phenoxy) is 1. The molecule has 5 nitrogen and oxygen atoms in total. The van der Waals surface area contributed by atoms with Crippen molar-refractivity contribution in [2.75, 3.05) is 7.11 Å². The Kier molecular flexibility index (Phi) is 5.76. The predicted octanol–water partition coefficient (Wildman–Crippen LogP) is 7.04. The predicted molar refractivity (Wildman–Crippen MR) is 144 cm³/mol. The number of benzene rings is 3. The van der Waals surface area contributed by atoms with E-state index in [4.69, 9.17) is 16.3 Å². The molecular formula is C30H30ClN3O2. The molecular weight excluding hydrogens is 470 g/mol. The summed E-state index contributed by atoms with van der Waals surface area (Å²) in [6.07, 6.45) is 7.92. The van der Waals surface area contributed by atoms with Gasteiger partial charge in [-0.1, -0.05) is 54.4 Å². The number of nitrogens with zero attached hydrogens (tertiary/aromatic N) is 2. The molecule has 2 aliphatic carbocycles. The highest BCUT2D eigenvalue weighted by atomic mass is 35.5. The van der Waals surface area contributed by atoms with E-state index < -0.39 is 0 Å². The van der Waals surface area contributed by atoms with Crippen LogP contribution in [0.15, 0.2) is 66.9 Å². The average molecular weight is 500 g/mol. The molecule has 0 saturated heterocycles. The van der Waals surface area contributed by atoms with Crippen molar-refractivity contribution >= 4 is 28.4 Å². The molecule has 0 radical (unpaired) electrons. The molecule has 1 spiro atoms. The lowest BCUT2D eigenvalue weighted by Gasteiger charge is -2.54. The lowest BCUT2D eigenvalue weighted by Crippen LogP contribution is -2.53. The van der Waals surface area contributed by atoms with Crippen LogP contribution in [0.1, 0.15) is 61.0 Å². The Balaban J connectivity index is 1.28. The summed E-state index contributed by atoms with van der Waals surface area (Å²) in [6, 6.07) is 20.3. The van der Waals surface area contributed by atoms with Crippen molar-refractivity contribution in [3.05, 3.63) is 83.0 Å². The summed E-state index contributed by atoms with van der Waals surface area (Å²) in [5, 5.41) is 9.34. The Bertz CT molecular complexity index is 1430. The molecule has 4 aromatic rings. The summed E-state index contributed by atoms with van der Waals surface area (Å²) in [4.78, 5) is 13.3. The van der Waals surface area contributed by atoms with Crippen LogP contribution in [0.25, 0.3) is 22.0 Å². The number of carbonyl (C=O) groups is 1. The zero-order chi connectivity index (χ0) is 24.9. The van der Waals surface area contributed by atoms with Crippen molar-refractivity contribution in [1.82, 2.24) is 15.1 Å². The Morgan fingerprint density at radius 3 is 2.58 bits per heavy atom. The Hall–Kier alpha value is -3.31. The molecule has 0 bridgehead atoms. The third-order valence-corrected chi connectivity index (χ3v) is 8.55. The maximum absolute atomic E-state index is 13.3. The highest BCUT2D eigenvalue weighted by Gasteiger charge is 2.48. The summed E-state index contributed by atoms with van der Waals surface area (Å²) in [5.74, 6) is 0.790. The summed E-state index contributed by atoms with van der Waals surface area (Å²) < 4.78 is 7.29. The van der Waals surface area contributed by atoms with E-state index in [1.54, 1.807) is 19.4 Å². The molecule has 184 valence electrons. The van der Waals surface area contributed by atoms with Crippen LogP contribution in [0.4, 0.5) is 0 Å². The van der Waals surface area contributed by atoms with Gasteiger partial charge in [-0.2, -0.15) is 5.10 Å². The van der Waals surface area contributed by atoms with Gasteiger partial charge in [0.05, 0.1) is 35.5 Å². The molecule has 2 saturated carbocycles. The summed E-state index contributed by atoms with van der Waals surface area (Å²) >= 11 is 6.52. The third-order valence-electron chi connectivity index (χ3n) is 8.22. The van der Waals surface area contributed by atoms with Gasteiger partial charge < -0.3 is 10.1 Å². The number of nitrogens with one attached hydrogen (secondary N) is 1. The third kappa shape index (κ3) is 3.96. The van der Waals surface area contributed by atoms with Crippen LogP contribution in [0.2, 0.25) is 5.02 Å². The molecule has 2 fully saturated rings. The normalized spacial score (nSPS) is 17.4. The fourth-order valence-corrected chi connectivity index (χ4v) is 6.14. The smallest absolute Gasteiger partial charge is 0.253 e. The van der Waals surface area contributed by atoms with Crippen LogP contribution in [-0.4, -0.2) is 28.8 Å². The largest absolute Gasteiger partial charge is 0.497 e. The standard InChI is InChI=1S/C30H30ClN3O2/c1-19(20-7-9-21(10-8-20)22-5-3-6-24(15-22)36-2)34-28-25(11-12-27(31)26(28)18-32-34)29(35)33-23-16-30(17-23)13-4-14-30/h3,5-12,15,18-19,23H,4,13-14,16-17H2,1-2H3,(H,33,35). The first-order valence-corrected chi connectivity index (χ1v) is 13.1. The summed E-state index contributed by atoms with van der Waals surface area (Å²) in [6.45, 7) is 2.10. The average Bonchev–Trinajstić information content (AvgIpc) is 3.30. The zero-order valence-corrected chi connectivity index (χ0v) is 21.4. The summed E-state index contributed by atoms with van der Waals surface area (Å²) in [7, 11) is 1.68. The Morgan fingerprint density at radius 1 is 1.11 bits per heavy atom. The van der Waals surface area contributed by atoms with Crippen molar-refractivity contribution < 1.29 is 9.53 Å². The zero-order valence-electron chi connectivity index (χ0n) is 20.6. The van der Waals surface area contributed by atoms with Crippen molar-refractivity contribution in [2.24, 2.45) is 5.41 Å². The number of rotatable bonds is 6. The molecule has 3 aromatic carbocycles. The van der Waals surface area contributed by atoms with Gasteiger partial charge in [-0.3, -0.25) is 9.48 Å². The molecule has 1 unspecified atom stereocenters. The molecule has 1 amide bonds. The maximum Gasteiger partial charge on any atom is 0.253 e. The molecule has 1 aromatic heterocycles. The topological polar surface area (TPSA) is 56.2 Å². The van der Waals surface area contributed by atoms with E-state index in [9.17, 15) is 4.79 Å². The number of amides is 1. The van der Waals surface area contributed by atoms with E-state index in [0.717, 1.165) is 46.2 Å². The number of methoxy groups -OCH3 is 1. The second kappa shape index (κ2) is 8.97. The van der Waals surface area contributed by atoms with Gasteiger partial charge in [-0.05, 0) is 79.0 Å². The van der Waals surface area contributed by atoms with E-state index in [1.807, 2.05) is 28.9 Å². The second-order valence-corrected chi connectivity index (χ2v) is 10.8. The number of fused-ring (bicyclic) bond motifs is 1. The molecule has 6 rings (SSSR count). The lowest BCUT2D eigenvalue weighted by atomic mass is 9.54. The fourth-order valence-electron chi connectivity index (χ4n) is 5.94. The van der Waals surface area contributed by atoms with Crippen molar-refractivity contribution in [1.29, 1.82) is 0 Å². The van der Waals surface area contributed by atoms with Crippen LogP contribution in [0.3, 0.4) is 0 Å². The Morgan fingerprint density at radius 2 is 1.89 bits per heavy atom. The van der Waals surface area contributed by atoms with Crippen molar-refractivity contribution in [3.8, 4) is 16.9 Å². The first-order valence-electron chi connectivity index (χ1n) is 12.7. The number of hydrogen-bond acceptors (Lipinski definition) is 3. The van der Waals surface area contributed by atoms with Gasteiger partial charge in [-0.15, -0.1) is 0 Å². The van der Waals surface area contributed by atoms with E-state index in [2.05, 4.69) is 47.7 Å². The molecule has 1 N–H and O–H groups in total.